The Bertz CT molecular complexity index is 2530. The Kier molecular flexibility index (Phi) is 18.7. The Balaban J connectivity index is 0.00000171. The van der Waals surface area contributed by atoms with Gasteiger partial charge in [-0.1, -0.05) is 24.3 Å². The molecule has 0 atom stereocenters. The number of halogens is 5. The molecule has 7 aromatic rings. The van der Waals surface area contributed by atoms with Gasteiger partial charge < -0.3 is 72.0 Å². The first-order valence-electron chi connectivity index (χ1n) is 19.6. The molecule has 8 bridgehead atoms. The van der Waals surface area contributed by atoms with Crippen LogP contribution in [0, 0.1) is 0 Å². The molecule has 0 aliphatic carbocycles. The second-order valence-electron chi connectivity index (χ2n) is 13.9. The zero-order valence-corrected chi connectivity index (χ0v) is 39.5. The number of aromatic nitrogens is 8. The van der Waals surface area contributed by atoms with E-state index in [0.29, 0.717) is 0 Å². The second kappa shape index (κ2) is 22.5. The Morgan fingerprint density at radius 2 is 0.581 bits per heavy atom. The molecule has 8 nitrogen and oxygen atoms in total. The topological polar surface area (TPSA) is 69.5 Å². The average Bonchev–Trinajstić information content (AvgIpc) is 4.10. The molecule has 0 saturated heterocycles. The summed E-state index contributed by atoms with van der Waals surface area (Å²) in [5.41, 5.74) is 14.9. The predicted molar refractivity (Wildman–Crippen MR) is 222 cm³/mol. The van der Waals surface area contributed by atoms with Gasteiger partial charge >= 0.3 is 17.1 Å². The molecule has 0 unspecified atom stereocenters. The quantitative estimate of drug-likeness (QED) is 0.112. The third kappa shape index (κ3) is 9.41. The van der Waals surface area contributed by atoms with Gasteiger partial charge in [0.2, 0.25) is 22.8 Å². The van der Waals surface area contributed by atoms with E-state index in [0.717, 1.165) is 116 Å². The molecule has 9 rings (SSSR count). The fraction of sp³-hybridized carbons (Fsp3) is 0.167. The van der Waals surface area contributed by atoms with Gasteiger partial charge in [-0.15, -0.1) is 22.1 Å². The smallest absolute Gasteiger partial charge is 1.00 e. The molecule has 9 heterocycles. The summed E-state index contributed by atoms with van der Waals surface area (Å²) in [7, 11) is 0. The van der Waals surface area contributed by atoms with Gasteiger partial charge in [-0.25, -0.2) is 9.97 Å². The Morgan fingerprint density at radius 1 is 0.355 bits per heavy atom. The van der Waals surface area contributed by atoms with Crippen molar-refractivity contribution >= 4 is 46.4 Å². The third-order valence-electron chi connectivity index (χ3n) is 10.8. The van der Waals surface area contributed by atoms with Crippen molar-refractivity contribution in [3.05, 3.63) is 145 Å². The maximum Gasteiger partial charge on any atom is 3.00 e. The number of fused-ring (bicyclic) bond motifs is 8. The van der Waals surface area contributed by atoms with E-state index in [2.05, 4.69) is 192 Å². The largest absolute Gasteiger partial charge is 3.00 e. The van der Waals surface area contributed by atoms with Crippen molar-refractivity contribution in [3.8, 4) is 45.0 Å². The van der Waals surface area contributed by atoms with Gasteiger partial charge in [0, 0.05) is 48.5 Å². The van der Waals surface area contributed by atoms with Crippen LogP contribution in [0.3, 0.4) is 0 Å². The molecule has 2 aliphatic heterocycles. The SMILES string of the molecule is CC[n+]1ccccc1-c1c2nc(c(-c3cccc[n+]3CC)c3ccc([n-]3)c(-c3cccc[n+]3CC)c3nc(c(-c4cccc[n+]4CC)c4ccc1[n-]4)C=C3)C=C2.[Cl-].[Cl-].[Cl-].[Cl-].[Cl-].[Mn+3]. The number of hydrogen-bond acceptors (Lipinski definition) is 2. The maximum absolute atomic E-state index is 5.48. The molecule has 62 heavy (non-hydrogen) atoms. The van der Waals surface area contributed by atoms with Crippen molar-refractivity contribution < 1.29 is 97.4 Å². The van der Waals surface area contributed by atoms with E-state index in [1.54, 1.807) is 0 Å². The first-order valence-corrected chi connectivity index (χ1v) is 19.6. The zero-order chi connectivity index (χ0) is 38.2. The van der Waals surface area contributed by atoms with E-state index >= 15 is 0 Å². The molecular weight excluding hydrogens is 921 g/mol. The fourth-order valence-corrected chi connectivity index (χ4v) is 8.05. The van der Waals surface area contributed by atoms with Gasteiger partial charge in [0.25, 0.3) is 0 Å². The van der Waals surface area contributed by atoms with E-state index in [1.165, 1.54) is 0 Å². The van der Waals surface area contributed by atoms with Crippen LogP contribution < -0.4 is 90.3 Å². The van der Waals surface area contributed by atoms with Crippen LogP contribution in [0.5, 0.6) is 0 Å². The summed E-state index contributed by atoms with van der Waals surface area (Å²) in [5.74, 6) is 0. The van der Waals surface area contributed by atoms with Crippen LogP contribution in [0.2, 0.25) is 0 Å². The minimum atomic E-state index is 0. The minimum absolute atomic E-state index is 0. The van der Waals surface area contributed by atoms with Gasteiger partial charge in [-0.05, 0) is 76.3 Å². The summed E-state index contributed by atoms with van der Waals surface area (Å²) >= 11 is 0. The summed E-state index contributed by atoms with van der Waals surface area (Å²) in [6.07, 6.45) is 17.0. The summed E-state index contributed by atoms with van der Waals surface area (Å²) in [6.45, 7) is 11.9. The summed E-state index contributed by atoms with van der Waals surface area (Å²) in [5, 5.41) is 0. The molecule has 0 amide bonds. The van der Waals surface area contributed by atoms with Crippen LogP contribution in [0.15, 0.2) is 122 Å². The molecule has 14 heteroatoms. The summed E-state index contributed by atoms with van der Waals surface area (Å²) in [6, 6.07) is 33.9. The van der Waals surface area contributed by atoms with Crippen LogP contribution in [-0.4, -0.2) is 9.97 Å². The van der Waals surface area contributed by atoms with Gasteiger partial charge in [-0.3, -0.25) is 0 Å². The van der Waals surface area contributed by atoms with E-state index in [1.807, 2.05) is 0 Å². The molecule has 2 aliphatic rings. The van der Waals surface area contributed by atoms with Gasteiger partial charge in [0.15, 0.2) is 24.8 Å². The number of pyridine rings is 4. The van der Waals surface area contributed by atoms with Crippen molar-refractivity contribution in [2.45, 2.75) is 53.9 Å². The maximum atomic E-state index is 5.48. The van der Waals surface area contributed by atoms with E-state index in [4.69, 9.17) is 19.9 Å². The Labute approximate surface area is 404 Å². The van der Waals surface area contributed by atoms with Crippen LogP contribution in [0.4, 0.5) is 0 Å². The van der Waals surface area contributed by atoms with Crippen LogP contribution >= 0.6 is 0 Å². The van der Waals surface area contributed by atoms with Crippen molar-refractivity contribution in [1.29, 1.82) is 0 Å². The monoisotopic (exact) mass is 962 g/mol. The molecular formula is C48H44Cl5MnN8. The van der Waals surface area contributed by atoms with Gasteiger partial charge in [0.1, 0.15) is 26.2 Å². The van der Waals surface area contributed by atoms with Crippen LogP contribution in [0.25, 0.3) is 91.4 Å². The second-order valence-corrected chi connectivity index (χ2v) is 13.9. The predicted octanol–water partition coefficient (Wildman–Crippen LogP) is -7.17. The minimum Gasteiger partial charge on any atom is -1.00 e. The fourth-order valence-electron chi connectivity index (χ4n) is 8.05. The molecule has 7 aromatic heterocycles. The van der Waals surface area contributed by atoms with E-state index in [-0.39, 0.29) is 79.1 Å². The summed E-state index contributed by atoms with van der Waals surface area (Å²) < 4.78 is 9.04. The van der Waals surface area contributed by atoms with Crippen molar-refractivity contribution in [1.82, 2.24) is 19.9 Å². The zero-order valence-electron chi connectivity index (χ0n) is 34.5. The molecule has 0 N–H and O–H groups in total. The molecule has 0 fully saturated rings. The number of hydrogen-bond donors (Lipinski definition) is 0. The van der Waals surface area contributed by atoms with E-state index < -0.39 is 0 Å². The van der Waals surface area contributed by atoms with E-state index in [9.17, 15) is 0 Å². The number of aryl methyl sites for hydroxylation is 4. The van der Waals surface area contributed by atoms with Crippen LogP contribution in [0.1, 0.15) is 50.5 Å². The van der Waals surface area contributed by atoms with Gasteiger partial charge in [-0.2, -0.15) is 18.3 Å². The van der Waals surface area contributed by atoms with Gasteiger partial charge in [0.05, 0.1) is 45.0 Å². The molecule has 318 valence electrons. The Hall–Kier alpha value is -4.83. The Morgan fingerprint density at radius 3 is 0.790 bits per heavy atom. The van der Waals surface area contributed by atoms with Crippen molar-refractivity contribution in [2.24, 2.45) is 0 Å². The number of rotatable bonds is 8. The average molecular weight is 965 g/mol. The van der Waals surface area contributed by atoms with Crippen LogP contribution in [-0.2, 0) is 43.2 Å². The van der Waals surface area contributed by atoms with Crippen molar-refractivity contribution in [2.75, 3.05) is 0 Å². The standard InChI is InChI=1S/C48H44N8.5ClH.Mn/c1-5-53-29-13-9-17-41(53)45-33-21-23-35(49-33)46(42-18-10-14-30-54(42)6-2)37-25-27-39(51-37)48(44-20-12-16-32-56(44)8-4)40-28-26-38(52-40)47(36-24-22-34(45)50-36)43-19-11-15-31-55(43)7-3;;;;;;/h9-32H,5-8H2,1-4H3;5*1H;/q+2;;;;;;+3/p-5. The molecule has 0 aromatic carbocycles. The first-order chi connectivity index (χ1) is 27.6. The molecule has 0 saturated carbocycles. The van der Waals surface area contributed by atoms with Crippen molar-refractivity contribution in [3.63, 3.8) is 0 Å². The normalized spacial score (nSPS) is 10.9. The summed E-state index contributed by atoms with van der Waals surface area (Å²) in [4.78, 5) is 21.9. The third-order valence-corrected chi connectivity index (χ3v) is 10.8. The number of nitrogens with zero attached hydrogens (tertiary/aromatic N) is 8. The molecule has 0 radical (unpaired) electrons. The first kappa shape index (κ1) is 51.5. The molecule has 0 spiro atoms.